The molecule has 0 atom stereocenters. The zero-order valence-electron chi connectivity index (χ0n) is 14.5. The van der Waals surface area contributed by atoms with E-state index in [4.69, 9.17) is 0 Å². The number of carbonyl (C=O) groups excluding carboxylic acids is 1. The molecular formula is C19H31NO. The molecule has 0 aliphatic heterocycles. The highest BCUT2D eigenvalue weighted by Gasteiger charge is 2.12. The zero-order chi connectivity index (χ0) is 16.1. The number of hydrogen-bond acceptors (Lipinski definition) is 1. The second-order valence-corrected chi connectivity index (χ2v) is 8.35. The molecule has 0 saturated carbocycles. The van der Waals surface area contributed by atoms with Gasteiger partial charge in [-0.2, -0.15) is 0 Å². The van der Waals surface area contributed by atoms with E-state index in [0.717, 1.165) is 31.4 Å². The van der Waals surface area contributed by atoms with Crippen LogP contribution in [0.5, 0.6) is 0 Å². The molecule has 0 spiro atoms. The lowest BCUT2D eigenvalue weighted by atomic mass is 9.88. The van der Waals surface area contributed by atoms with Gasteiger partial charge in [-0.15, -0.1) is 0 Å². The molecule has 0 aliphatic carbocycles. The van der Waals surface area contributed by atoms with Crippen LogP contribution in [0, 0.1) is 10.8 Å². The molecule has 0 aromatic heterocycles. The first-order valence-corrected chi connectivity index (χ1v) is 7.94. The van der Waals surface area contributed by atoms with Gasteiger partial charge in [0.25, 0.3) is 5.91 Å². The van der Waals surface area contributed by atoms with E-state index in [9.17, 15) is 4.79 Å². The van der Waals surface area contributed by atoms with Crippen LogP contribution in [-0.4, -0.2) is 12.5 Å². The van der Waals surface area contributed by atoms with Crippen LogP contribution in [0.15, 0.2) is 24.3 Å². The summed E-state index contributed by atoms with van der Waals surface area (Å²) in [5, 5.41) is 3.00. The standard InChI is InChI=1S/C19H31NO/c1-18(2,3)12-7-13-20-17(21)16-10-8-15(9-11-16)14-19(4,5)6/h8-11H,7,12-14H2,1-6H3,(H,20,21). The average Bonchev–Trinajstić information content (AvgIpc) is 2.32. The molecule has 1 amide bonds. The molecule has 2 nitrogen and oxygen atoms in total. The number of hydrogen-bond donors (Lipinski definition) is 1. The molecule has 2 heteroatoms. The van der Waals surface area contributed by atoms with Crippen molar-refractivity contribution in [3.63, 3.8) is 0 Å². The molecule has 118 valence electrons. The van der Waals surface area contributed by atoms with Gasteiger partial charge in [-0.1, -0.05) is 53.7 Å². The van der Waals surface area contributed by atoms with Gasteiger partial charge in [-0.25, -0.2) is 0 Å². The van der Waals surface area contributed by atoms with Gasteiger partial charge in [0, 0.05) is 12.1 Å². The quantitative estimate of drug-likeness (QED) is 0.773. The molecule has 0 heterocycles. The predicted molar refractivity (Wildman–Crippen MR) is 90.6 cm³/mol. The predicted octanol–water partition coefficient (Wildman–Crippen LogP) is 4.83. The number of benzene rings is 1. The number of amides is 1. The van der Waals surface area contributed by atoms with Crippen molar-refractivity contribution in [2.24, 2.45) is 10.8 Å². The van der Waals surface area contributed by atoms with Crippen molar-refractivity contribution >= 4 is 5.91 Å². The van der Waals surface area contributed by atoms with Crippen LogP contribution in [0.3, 0.4) is 0 Å². The van der Waals surface area contributed by atoms with Crippen LogP contribution in [0.4, 0.5) is 0 Å². The van der Waals surface area contributed by atoms with E-state index in [-0.39, 0.29) is 11.3 Å². The Labute approximate surface area is 130 Å². The van der Waals surface area contributed by atoms with E-state index < -0.39 is 0 Å². The van der Waals surface area contributed by atoms with Crippen molar-refractivity contribution < 1.29 is 4.79 Å². The summed E-state index contributed by atoms with van der Waals surface area (Å²) in [6.45, 7) is 14.1. The normalized spacial score (nSPS) is 12.3. The molecule has 0 saturated heterocycles. The molecular weight excluding hydrogens is 258 g/mol. The molecule has 0 unspecified atom stereocenters. The second-order valence-electron chi connectivity index (χ2n) is 8.35. The average molecular weight is 289 g/mol. The summed E-state index contributed by atoms with van der Waals surface area (Å²) in [6.07, 6.45) is 3.18. The van der Waals surface area contributed by atoms with Gasteiger partial charge < -0.3 is 5.32 Å². The van der Waals surface area contributed by atoms with Crippen molar-refractivity contribution in [3.8, 4) is 0 Å². The number of rotatable bonds is 5. The van der Waals surface area contributed by atoms with Gasteiger partial charge in [0.05, 0.1) is 0 Å². The molecule has 1 N–H and O–H groups in total. The SMILES string of the molecule is CC(C)(C)CCCNC(=O)c1ccc(CC(C)(C)C)cc1. The van der Waals surface area contributed by atoms with Gasteiger partial charge in [0.15, 0.2) is 0 Å². The minimum absolute atomic E-state index is 0.0335. The van der Waals surface area contributed by atoms with E-state index in [2.05, 4.69) is 59.0 Å². The lowest BCUT2D eigenvalue weighted by Crippen LogP contribution is -2.25. The number of carbonyl (C=O) groups is 1. The largest absolute Gasteiger partial charge is 0.352 e. The lowest BCUT2D eigenvalue weighted by Gasteiger charge is -2.18. The van der Waals surface area contributed by atoms with Crippen LogP contribution in [0.1, 0.15) is 70.3 Å². The topological polar surface area (TPSA) is 29.1 Å². The molecule has 0 bridgehead atoms. The maximum Gasteiger partial charge on any atom is 0.251 e. The van der Waals surface area contributed by atoms with Crippen LogP contribution < -0.4 is 5.32 Å². The Balaban J connectivity index is 2.45. The fraction of sp³-hybridized carbons (Fsp3) is 0.632. The first-order chi connectivity index (χ1) is 9.57. The van der Waals surface area contributed by atoms with Gasteiger partial charge in [-0.05, 0) is 47.8 Å². The van der Waals surface area contributed by atoms with E-state index in [1.165, 1.54) is 5.56 Å². The summed E-state index contributed by atoms with van der Waals surface area (Å²) in [4.78, 5) is 12.1. The monoisotopic (exact) mass is 289 g/mol. The third-order valence-electron chi connectivity index (χ3n) is 3.34. The summed E-state index contributed by atoms with van der Waals surface area (Å²) in [7, 11) is 0. The van der Waals surface area contributed by atoms with E-state index >= 15 is 0 Å². The highest BCUT2D eigenvalue weighted by atomic mass is 16.1. The van der Waals surface area contributed by atoms with Crippen LogP contribution >= 0.6 is 0 Å². The molecule has 0 aliphatic rings. The Bertz CT molecular complexity index is 446. The highest BCUT2D eigenvalue weighted by molar-refractivity contribution is 5.94. The Morgan fingerprint density at radius 2 is 1.52 bits per heavy atom. The van der Waals surface area contributed by atoms with Crippen molar-refractivity contribution in [2.45, 2.75) is 60.8 Å². The molecule has 21 heavy (non-hydrogen) atoms. The summed E-state index contributed by atoms with van der Waals surface area (Å²) in [5.41, 5.74) is 2.64. The second kappa shape index (κ2) is 7.11. The lowest BCUT2D eigenvalue weighted by molar-refractivity contribution is 0.0951. The molecule has 1 aromatic rings. The fourth-order valence-electron chi connectivity index (χ4n) is 2.31. The van der Waals surface area contributed by atoms with Crippen LogP contribution in [-0.2, 0) is 6.42 Å². The Hall–Kier alpha value is -1.31. The summed E-state index contributed by atoms with van der Waals surface area (Å²) < 4.78 is 0. The first kappa shape index (κ1) is 17.7. The fourth-order valence-corrected chi connectivity index (χ4v) is 2.31. The smallest absolute Gasteiger partial charge is 0.251 e. The van der Waals surface area contributed by atoms with Crippen LogP contribution in [0.25, 0.3) is 0 Å². The van der Waals surface area contributed by atoms with Crippen molar-refractivity contribution in [1.82, 2.24) is 5.32 Å². The zero-order valence-corrected chi connectivity index (χ0v) is 14.5. The van der Waals surface area contributed by atoms with Gasteiger partial charge in [0.2, 0.25) is 0 Å². The van der Waals surface area contributed by atoms with E-state index in [1.807, 2.05) is 12.1 Å². The molecule has 1 aromatic carbocycles. The minimum Gasteiger partial charge on any atom is -0.352 e. The third-order valence-corrected chi connectivity index (χ3v) is 3.34. The van der Waals surface area contributed by atoms with Crippen molar-refractivity contribution in [3.05, 3.63) is 35.4 Å². The molecule has 1 rings (SSSR count). The van der Waals surface area contributed by atoms with Crippen molar-refractivity contribution in [2.75, 3.05) is 6.54 Å². The number of nitrogens with one attached hydrogen (secondary N) is 1. The summed E-state index contributed by atoms with van der Waals surface area (Å²) in [5.74, 6) is 0.0335. The Morgan fingerprint density at radius 1 is 0.952 bits per heavy atom. The highest BCUT2D eigenvalue weighted by Crippen LogP contribution is 2.21. The maximum absolute atomic E-state index is 12.1. The van der Waals surface area contributed by atoms with E-state index in [1.54, 1.807) is 0 Å². The summed E-state index contributed by atoms with van der Waals surface area (Å²) >= 11 is 0. The Morgan fingerprint density at radius 3 is 2.00 bits per heavy atom. The van der Waals surface area contributed by atoms with Crippen LogP contribution in [0.2, 0.25) is 0 Å². The minimum atomic E-state index is 0.0335. The van der Waals surface area contributed by atoms with Gasteiger partial charge >= 0.3 is 0 Å². The van der Waals surface area contributed by atoms with E-state index in [0.29, 0.717) is 5.41 Å². The maximum atomic E-state index is 12.1. The van der Waals surface area contributed by atoms with Gasteiger partial charge in [0.1, 0.15) is 0 Å². The summed E-state index contributed by atoms with van der Waals surface area (Å²) in [6, 6.07) is 7.99. The molecule has 0 radical (unpaired) electrons. The Kier molecular flexibility index (Phi) is 6.00. The van der Waals surface area contributed by atoms with Crippen molar-refractivity contribution in [1.29, 1.82) is 0 Å². The third kappa shape index (κ3) is 7.89. The molecule has 0 fully saturated rings. The first-order valence-electron chi connectivity index (χ1n) is 7.94. The van der Waals surface area contributed by atoms with Gasteiger partial charge in [-0.3, -0.25) is 4.79 Å².